The molecule has 2 rings (SSSR count). The van der Waals surface area contributed by atoms with Gasteiger partial charge < -0.3 is 4.90 Å². The molecule has 4 heteroatoms. The Morgan fingerprint density at radius 3 is 2.65 bits per heavy atom. The molecule has 2 aromatic rings. The highest BCUT2D eigenvalue weighted by atomic mass is 35.5. The van der Waals surface area contributed by atoms with E-state index >= 15 is 0 Å². The van der Waals surface area contributed by atoms with Crippen LogP contribution in [-0.2, 0) is 0 Å². The number of hydrogen-bond acceptors (Lipinski definition) is 3. The summed E-state index contributed by atoms with van der Waals surface area (Å²) in [6.07, 6.45) is 0. The van der Waals surface area contributed by atoms with Gasteiger partial charge in [-0.3, -0.25) is 4.79 Å². The molecule has 0 aliphatic rings. The number of benzene rings is 1. The smallest absolute Gasteiger partial charge is 0.256 e. The number of hydrogen-bond donors (Lipinski definition) is 0. The van der Waals surface area contributed by atoms with Gasteiger partial charge in [0, 0.05) is 19.5 Å². The van der Waals surface area contributed by atoms with Crippen LogP contribution in [0.2, 0.25) is 0 Å². The molecule has 0 bridgehead atoms. The first-order chi connectivity index (χ1) is 8.00. The average molecular weight is 249 g/mol. The molecule has 0 spiro atoms. The molecule has 0 amide bonds. The Kier molecular flexibility index (Phi) is 3.03. The number of fused-ring (bicyclic) bond motifs is 1. The number of aryl methyl sites for hydroxylation is 1. The van der Waals surface area contributed by atoms with Gasteiger partial charge in [0.25, 0.3) is 5.24 Å². The predicted octanol–water partition coefficient (Wildman–Crippen LogP) is 2.99. The average Bonchev–Trinajstić information content (AvgIpc) is 2.27. The van der Waals surface area contributed by atoms with E-state index in [4.69, 9.17) is 11.6 Å². The SMILES string of the molecule is Cc1cccc2cc(C(=O)Cl)c(N(C)C)nc12. The molecule has 0 N–H and O–H groups in total. The maximum atomic E-state index is 11.4. The maximum Gasteiger partial charge on any atom is 0.256 e. The van der Waals surface area contributed by atoms with E-state index in [1.165, 1.54) is 0 Å². The topological polar surface area (TPSA) is 33.2 Å². The minimum absolute atomic E-state index is 0.440. The van der Waals surface area contributed by atoms with Gasteiger partial charge in [-0.2, -0.15) is 0 Å². The summed E-state index contributed by atoms with van der Waals surface area (Å²) in [6.45, 7) is 2.00. The van der Waals surface area contributed by atoms with E-state index in [1.54, 1.807) is 11.0 Å². The Bertz CT molecular complexity index is 593. The summed E-state index contributed by atoms with van der Waals surface area (Å²) < 4.78 is 0. The van der Waals surface area contributed by atoms with Crippen molar-refractivity contribution in [3.8, 4) is 0 Å². The van der Waals surface area contributed by atoms with Crippen molar-refractivity contribution in [2.24, 2.45) is 0 Å². The van der Waals surface area contributed by atoms with Gasteiger partial charge in [-0.1, -0.05) is 18.2 Å². The van der Waals surface area contributed by atoms with Crippen molar-refractivity contribution in [3.63, 3.8) is 0 Å². The molecule has 1 aromatic carbocycles. The molecule has 0 fully saturated rings. The minimum atomic E-state index is -0.482. The van der Waals surface area contributed by atoms with Crippen molar-refractivity contribution in [2.75, 3.05) is 19.0 Å². The number of halogens is 1. The zero-order chi connectivity index (χ0) is 12.6. The van der Waals surface area contributed by atoms with Gasteiger partial charge in [-0.15, -0.1) is 0 Å². The lowest BCUT2D eigenvalue weighted by molar-refractivity contribution is 0.108. The standard InChI is InChI=1S/C13H13ClN2O/c1-8-5-4-6-9-7-10(12(14)17)13(16(2)3)15-11(8)9/h4-7H,1-3H3. The molecule has 0 aliphatic carbocycles. The Balaban J connectivity index is 2.82. The van der Waals surface area contributed by atoms with Crippen LogP contribution in [0.5, 0.6) is 0 Å². The van der Waals surface area contributed by atoms with Crippen LogP contribution < -0.4 is 4.90 Å². The maximum absolute atomic E-state index is 11.4. The second kappa shape index (κ2) is 4.34. The van der Waals surface area contributed by atoms with Crippen molar-refractivity contribution in [2.45, 2.75) is 6.92 Å². The summed E-state index contributed by atoms with van der Waals surface area (Å²) in [7, 11) is 3.69. The Labute approximate surface area is 105 Å². The summed E-state index contributed by atoms with van der Waals surface area (Å²) in [6, 6.07) is 7.66. The molecular weight excluding hydrogens is 236 g/mol. The molecule has 0 aliphatic heterocycles. The second-order valence-corrected chi connectivity index (χ2v) is 4.52. The summed E-state index contributed by atoms with van der Waals surface area (Å²) in [5.41, 5.74) is 2.42. The summed E-state index contributed by atoms with van der Waals surface area (Å²) >= 11 is 5.59. The number of anilines is 1. The van der Waals surface area contributed by atoms with E-state index in [9.17, 15) is 4.79 Å². The van der Waals surface area contributed by atoms with Gasteiger partial charge >= 0.3 is 0 Å². The fraction of sp³-hybridized carbons (Fsp3) is 0.231. The molecule has 0 unspecified atom stereocenters. The highest BCUT2D eigenvalue weighted by molar-refractivity contribution is 6.68. The molecule has 88 valence electrons. The molecule has 0 saturated heterocycles. The molecular formula is C13H13ClN2O. The fourth-order valence-electron chi connectivity index (χ4n) is 1.82. The van der Waals surface area contributed by atoms with E-state index in [1.807, 2.05) is 39.2 Å². The lowest BCUT2D eigenvalue weighted by atomic mass is 10.1. The highest BCUT2D eigenvalue weighted by Gasteiger charge is 2.14. The zero-order valence-corrected chi connectivity index (χ0v) is 10.7. The molecule has 17 heavy (non-hydrogen) atoms. The number of pyridine rings is 1. The van der Waals surface area contributed by atoms with Gasteiger partial charge in [-0.05, 0) is 30.2 Å². The quantitative estimate of drug-likeness (QED) is 0.766. The zero-order valence-electron chi connectivity index (χ0n) is 9.99. The first-order valence-corrected chi connectivity index (χ1v) is 5.66. The van der Waals surface area contributed by atoms with Crippen molar-refractivity contribution >= 4 is 33.6 Å². The molecule has 3 nitrogen and oxygen atoms in total. The normalized spacial score (nSPS) is 10.6. The van der Waals surface area contributed by atoms with Crippen LogP contribution in [0.25, 0.3) is 10.9 Å². The van der Waals surface area contributed by atoms with Crippen LogP contribution in [-0.4, -0.2) is 24.3 Å². The highest BCUT2D eigenvalue weighted by Crippen LogP contribution is 2.25. The van der Waals surface area contributed by atoms with Crippen molar-refractivity contribution in [3.05, 3.63) is 35.4 Å². The van der Waals surface area contributed by atoms with E-state index in [2.05, 4.69) is 4.98 Å². The van der Waals surface area contributed by atoms with Crippen LogP contribution in [0.1, 0.15) is 15.9 Å². The third kappa shape index (κ3) is 2.11. The van der Waals surface area contributed by atoms with Crippen LogP contribution in [0.15, 0.2) is 24.3 Å². The van der Waals surface area contributed by atoms with Gasteiger partial charge in [0.2, 0.25) is 0 Å². The lowest BCUT2D eigenvalue weighted by Gasteiger charge is -2.15. The second-order valence-electron chi connectivity index (χ2n) is 4.17. The summed E-state index contributed by atoms with van der Waals surface area (Å²) in [5.74, 6) is 0.604. The van der Waals surface area contributed by atoms with E-state index < -0.39 is 5.24 Å². The molecule has 1 heterocycles. The number of rotatable bonds is 2. The molecule has 1 aromatic heterocycles. The third-order valence-electron chi connectivity index (χ3n) is 2.66. The fourth-order valence-corrected chi connectivity index (χ4v) is 1.96. The van der Waals surface area contributed by atoms with E-state index in [0.717, 1.165) is 16.5 Å². The van der Waals surface area contributed by atoms with Gasteiger partial charge in [0.1, 0.15) is 5.82 Å². The number of para-hydroxylation sites is 1. The number of carbonyl (C=O) groups excluding carboxylic acids is 1. The Hall–Kier alpha value is -1.61. The number of aromatic nitrogens is 1. The molecule has 0 radical (unpaired) electrons. The van der Waals surface area contributed by atoms with Crippen LogP contribution in [0.4, 0.5) is 5.82 Å². The van der Waals surface area contributed by atoms with Crippen molar-refractivity contribution < 1.29 is 4.79 Å². The summed E-state index contributed by atoms with van der Waals surface area (Å²) in [4.78, 5) is 17.7. The predicted molar refractivity (Wildman–Crippen MR) is 71.0 cm³/mol. The summed E-state index contributed by atoms with van der Waals surface area (Å²) in [5, 5.41) is 0.448. The largest absolute Gasteiger partial charge is 0.362 e. The number of nitrogens with zero attached hydrogens (tertiary/aromatic N) is 2. The van der Waals surface area contributed by atoms with Crippen LogP contribution in [0, 0.1) is 6.92 Å². The lowest BCUT2D eigenvalue weighted by Crippen LogP contribution is -2.14. The van der Waals surface area contributed by atoms with Crippen LogP contribution in [0.3, 0.4) is 0 Å². The van der Waals surface area contributed by atoms with Crippen molar-refractivity contribution in [1.82, 2.24) is 4.98 Å². The molecule has 0 saturated carbocycles. The first-order valence-electron chi connectivity index (χ1n) is 5.28. The monoisotopic (exact) mass is 248 g/mol. The third-order valence-corrected chi connectivity index (χ3v) is 2.87. The van der Waals surface area contributed by atoms with Gasteiger partial charge in [-0.25, -0.2) is 4.98 Å². The van der Waals surface area contributed by atoms with E-state index in [-0.39, 0.29) is 0 Å². The minimum Gasteiger partial charge on any atom is -0.362 e. The van der Waals surface area contributed by atoms with Gasteiger partial charge in [0.05, 0.1) is 11.1 Å². The van der Waals surface area contributed by atoms with E-state index in [0.29, 0.717) is 11.4 Å². The van der Waals surface area contributed by atoms with Gasteiger partial charge in [0.15, 0.2) is 0 Å². The number of carbonyl (C=O) groups is 1. The first kappa shape index (κ1) is 11.9. The Morgan fingerprint density at radius 2 is 2.06 bits per heavy atom. The van der Waals surface area contributed by atoms with Crippen LogP contribution >= 0.6 is 11.6 Å². The van der Waals surface area contributed by atoms with Crippen molar-refractivity contribution in [1.29, 1.82) is 0 Å². The Morgan fingerprint density at radius 1 is 1.35 bits per heavy atom. The molecule has 0 atom stereocenters.